The van der Waals surface area contributed by atoms with E-state index in [0.29, 0.717) is 6.42 Å². The summed E-state index contributed by atoms with van der Waals surface area (Å²) in [6.07, 6.45) is 0.428. The third-order valence-corrected chi connectivity index (χ3v) is 2.10. The fourth-order valence-electron chi connectivity index (χ4n) is 0.701. The van der Waals surface area contributed by atoms with Crippen LogP contribution in [-0.2, 0) is 4.79 Å². The van der Waals surface area contributed by atoms with E-state index in [1.807, 2.05) is 6.92 Å². The van der Waals surface area contributed by atoms with Crippen LogP contribution in [0.4, 0.5) is 8.78 Å². The van der Waals surface area contributed by atoms with Gasteiger partial charge in [0.1, 0.15) is 0 Å². The summed E-state index contributed by atoms with van der Waals surface area (Å²) in [6.45, 7) is 4.42. The maximum Gasteiger partial charge on any atom is 0.264 e. The molecule has 0 radical (unpaired) electrons. The van der Waals surface area contributed by atoms with E-state index < -0.39 is 12.5 Å². The molecule has 1 amide bonds. The number of nitrogens with one attached hydrogen (secondary N) is 1. The fraction of sp³-hybridized carbons (Fsp3) is 0.889. The van der Waals surface area contributed by atoms with Crippen LogP contribution in [0.5, 0.6) is 0 Å². The summed E-state index contributed by atoms with van der Waals surface area (Å²) in [6, 6.07) is 0. The molecule has 0 heterocycles. The maximum absolute atomic E-state index is 12.7. The third-order valence-electron chi connectivity index (χ3n) is 2.10. The molecule has 0 saturated heterocycles. The molecule has 1 unspecified atom stereocenters. The quantitative estimate of drug-likeness (QED) is 0.712. The molecule has 13 heavy (non-hydrogen) atoms. The number of halogens is 2. The number of amides is 1. The van der Waals surface area contributed by atoms with Crippen molar-refractivity contribution in [3.05, 3.63) is 0 Å². The Labute approximate surface area is 77.7 Å². The monoisotopic (exact) mass is 193 g/mol. The first-order valence-corrected chi connectivity index (χ1v) is 4.58. The van der Waals surface area contributed by atoms with Gasteiger partial charge in [0.05, 0.1) is 6.54 Å². The van der Waals surface area contributed by atoms with Gasteiger partial charge in [0, 0.05) is 12.3 Å². The number of carbonyl (C=O) groups excluding carboxylic acids is 1. The highest BCUT2D eigenvalue weighted by Gasteiger charge is 2.27. The first kappa shape index (κ1) is 12.3. The average Bonchev–Trinajstić information content (AvgIpc) is 2.13. The summed E-state index contributed by atoms with van der Waals surface area (Å²) >= 11 is 0. The van der Waals surface area contributed by atoms with Crippen LogP contribution in [-0.4, -0.2) is 18.4 Å². The average molecular weight is 193 g/mol. The second kappa shape index (κ2) is 5.14. The Bertz CT molecular complexity index is 171. The predicted molar refractivity (Wildman–Crippen MR) is 47.7 cm³/mol. The highest BCUT2D eigenvalue weighted by molar-refractivity contribution is 5.78. The molecule has 0 rings (SSSR count). The molecule has 0 fully saturated rings. The van der Waals surface area contributed by atoms with Gasteiger partial charge in [0.25, 0.3) is 5.92 Å². The molecule has 0 aromatic carbocycles. The molecule has 0 saturated carbocycles. The molecule has 1 N–H and O–H groups in total. The van der Waals surface area contributed by atoms with Crippen molar-refractivity contribution in [3.8, 4) is 0 Å². The van der Waals surface area contributed by atoms with E-state index in [4.69, 9.17) is 0 Å². The zero-order valence-electron chi connectivity index (χ0n) is 8.36. The number of hydrogen-bond donors (Lipinski definition) is 1. The molecule has 4 heteroatoms. The van der Waals surface area contributed by atoms with E-state index in [2.05, 4.69) is 5.32 Å². The summed E-state index contributed by atoms with van der Waals surface area (Å²) in [5.74, 6) is -3.26. The summed E-state index contributed by atoms with van der Waals surface area (Å²) in [5, 5.41) is 2.24. The Kier molecular flexibility index (Phi) is 4.88. The number of alkyl halides is 2. The molecule has 0 aliphatic carbocycles. The molecule has 0 spiro atoms. The zero-order chi connectivity index (χ0) is 10.5. The molecule has 0 bridgehead atoms. The number of rotatable bonds is 5. The molecule has 0 aromatic rings. The molecule has 2 nitrogen and oxygen atoms in total. The van der Waals surface area contributed by atoms with Crippen molar-refractivity contribution in [2.45, 2.75) is 39.5 Å². The van der Waals surface area contributed by atoms with Crippen molar-refractivity contribution in [1.29, 1.82) is 0 Å². The van der Waals surface area contributed by atoms with Crippen LogP contribution < -0.4 is 5.32 Å². The smallest absolute Gasteiger partial charge is 0.264 e. The van der Waals surface area contributed by atoms with Gasteiger partial charge in [-0.25, -0.2) is 8.78 Å². The molecule has 0 aromatic heterocycles. The Morgan fingerprint density at radius 3 is 2.38 bits per heavy atom. The normalized spacial score (nSPS) is 13.9. The van der Waals surface area contributed by atoms with Gasteiger partial charge >= 0.3 is 0 Å². The van der Waals surface area contributed by atoms with E-state index in [0.717, 1.165) is 0 Å². The van der Waals surface area contributed by atoms with Gasteiger partial charge in [-0.1, -0.05) is 20.8 Å². The standard InChI is InChI=1S/C9H17F2NO/c1-4-7(3)8(13)12-6-9(10,11)5-2/h7H,4-6H2,1-3H3,(H,12,13). The second-order valence-corrected chi connectivity index (χ2v) is 3.24. The van der Waals surface area contributed by atoms with Crippen molar-refractivity contribution in [2.24, 2.45) is 5.92 Å². The van der Waals surface area contributed by atoms with E-state index in [9.17, 15) is 13.6 Å². The van der Waals surface area contributed by atoms with Crippen molar-refractivity contribution >= 4 is 5.91 Å². The predicted octanol–water partition coefficient (Wildman–Crippen LogP) is 2.19. The van der Waals surface area contributed by atoms with Gasteiger partial charge in [-0.3, -0.25) is 4.79 Å². The second-order valence-electron chi connectivity index (χ2n) is 3.24. The number of hydrogen-bond acceptors (Lipinski definition) is 1. The van der Waals surface area contributed by atoms with Crippen molar-refractivity contribution < 1.29 is 13.6 Å². The fourth-order valence-corrected chi connectivity index (χ4v) is 0.701. The van der Waals surface area contributed by atoms with Crippen LogP contribution >= 0.6 is 0 Å². The minimum Gasteiger partial charge on any atom is -0.350 e. The molecular weight excluding hydrogens is 176 g/mol. The van der Waals surface area contributed by atoms with Gasteiger partial charge < -0.3 is 5.32 Å². The lowest BCUT2D eigenvalue weighted by Crippen LogP contribution is -2.38. The minimum atomic E-state index is -2.77. The largest absolute Gasteiger partial charge is 0.350 e. The topological polar surface area (TPSA) is 29.1 Å². The highest BCUT2D eigenvalue weighted by Crippen LogP contribution is 2.16. The van der Waals surface area contributed by atoms with Gasteiger partial charge in [-0.15, -0.1) is 0 Å². The highest BCUT2D eigenvalue weighted by atomic mass is 19.3. The lowest BCUT2D eigenvalue weighted by molar-refractivity contribution is -0.126. The first-order valence-electron chi connectivity index (χ1n) is 4.58. The first-order chi connectivity index (χ1) is 5.93. The van der Waals surface area contributed by atoms with E-state index in [-0.39, 0.29) is 18.2 Å². The van der Waals surface area contributed by atoms with Crippen LogP contribution in [0.1, 0.15) is 33.6 Å². The third kappa shape index (κ3) is 4.80. The van der Waals surface area contributed by atoms with Crippen LogP contribution in [0, 0.1) is 5.92 Å². The van der Waals surface area contributed by atoms with Crippen molar-refractivity contribution in [3.63, 3.8) is 0 Å². The lowest BCUT2D eigenvalue weighted by atomic mass is 10.1. The summed E-state index contributed by atoms with van der Waals surface area (Å²) in [4.78, 5) is 11.1. The van der Waals surface area contributed by atoms with Crippen LogP contribution in [0.15, 0.2) is 0 Å². The van der Waals surface area contributed by atoms with Gasteiger partial charge in [0.15, 0.2) is 0 Å². The van der Waals surface area contributed by atoms with Gasteiger partial charge in [0.2, 0.25) is 5.91 Å². The van der Waals surface area contributed by atoms with Crippen molar-refractivity contribution in [1.82, 2.24) is 5.32 Å². The van der Waals surface area contributed by atoms with E-state index in [1.54, 1.807) is 6.92 Å². The minimum absolute atomic E-state index is 0.187. The van der Waals surface area contributed by atoms with Crippen LogP contribution in [0.3, 0.4) is 0 Å². The van der Waals surface area contributed by atoms with Crippen LogP contribution in [0.25, 0.3) is 0 Å². The number of carbonyl (C=O) groups is 1. The van der Waals surface area contributed by atoms with E-state index in [1.165, 1.54) is 6.92 Å². The SMILES string of the molecule is CCC(C)C(=O)NCC(F)(F)CC. The maximum atomic E-state index is 12.7. The van der Waals surface area contributed by atoms with E-state index >= 15 is 0 Å². The van der Waals surface area contributed by atoms with Gasteiger partial charge in [-0.05, 0) is 6.42 Å². The molecule has 1 atom stereocenters. The Balaban J connectivity index is 3.83. The summed E-state index contributed by atoms with van der Waals surface area (Å²) < 4.78 is 25.3. The molecular formula is C9H17F2NO. The van der Waals surface area contributed by atoms with Crippen molar-refractivity contribution in [2.75, 3.05) is 6.54 Å². The molecule has 78 valence electrons. The van der Waals surface area contributed by atoms with Gasteiger partial charge in [-0.2, -0.15) is 0 Å². The molecule has 0 aliphatic rings. The lowest BCUT2D eigenvalue weighted by Gasteiger charge is -2.16. The Morgan fingerprint density at radius 1 is 1.46 bits per heavy atom. The summed E-state index contributed by atoms with van der Waals surface area (Å²) in [5.41, 5.74) is 0. The zero-order valence-corrected chi connectivity index (χ0v) is 8.36. The summed E-state index contributed by atoms with van der Waals surface area (Å²) in [7, 11) is 0. The Morgan fingerprint density at radius 2 is 2.00 bits per heavy atom. The van der Waals surface area contributed by atoms with Crippen LogP contribution in [0.2, 0.25) is 0 Å². The Hall–Kier alpha value is -0.670. The molecule has 0 aliphatic heterocycles.